The van der Waals surface area contributed by atoms with E-state index in [4.69, 9.17) is 0 Å². The molecule has 1 saturated heterocycles. The third-order valence-electron chi connectivity index (χ3n) is 6.17. The van der Waals surface area contributed by atoms with Gasteiger partial charge in [-0.15, -0.1) is 0 Å². The quantitative estimate of drug-likeness (QED) is 0.664. The number of quaternary nitrogens is 1. The molecule has 1 aliphatic carbocycles. The number of alkyl halides is 6. The fourth-order valence-electron chi connectivity index (χ4n) is 4.47. The lowest BCUT2D eigenvalue weighted by molar-refractivity contribution is -0.434. The van der Waals surface area contributed by atoms with Crippen LogP contribution in [-0.2, 0) is 21.9 Å². The second-order valence-electron chi connectivity index (χ2n) is 8.64. The van der Waals surface area contributed by atoms with Crippen LogP contribution in [0.3, 0.4) is 0 Å². The number of carbonyl (C=O) groups is 2. The van der Waals surface area contributed by atoms with E-state index in [1.54, 1.807) is 4.90 Å². The second-order valence-corrected chi connectivity index (χ2v) is 8.64. The minimum Gasteiger partial charge on any atom is -0.354 e. The topological polar surface area (TPSA) is 77.1 Å². The van der Waals surface area contributed by atoms with Crippen molar-refractivity contribution < 1.29 is 41.7 Å². The number of amides is 2. The lowest BCUT2D eigenvalue weighted by Gasteiger charge is -2.29. The van der Waals surface area contributed by atoms with E-state index in [1.165, 1.54) is 0 Å². The van der Waals surface area contributed by atoms with Crippen molar-refractivity contribution in [1.82, 2.24) is 4.90 Å². The van der Waals surface area contributed by atoms with Gasteiger partial charge in [-0.1, -0.05) is 6.42 Å². The summed E-state index contributed by atoms with van der Waals surface area (Å²) in [5, 5.41) is 2.16. The summed E-state index contributed by atoms with van der Waals surface area (Å²) < 4.78 is 77.9. The first-order valence-corrected chi connectivity index (χ1v) is 10.6. The number of anilines is 1. The Bertz CT molecular complexity index is 823. The molecule has 0 radical (unpaired) electrons. The van der Waals surface area contributed by atoms with Crippen molar-refractivity contribution in [2.75, 3.05) is 18.4 Å². The van der Waals surface area contributed by atoms with Gasteiger partial charge in [0.1, 0.15) is 0 Å². The van der Waals surface area contributed by atoms with Crippen LogP contribution in [0.2, 0.25) is 0 Å². The Balaban J connectivity index is 1.62. The summed E-state index contributed by atoms with van der Waals surface area (Å²) in [6.07, 6.45) is -5.83. The van der Waals surface area contributed by atoms with Gasteiger partial charge >= 0.3 is 12.4 Å². The van der Waals surface area contributed by atoms with Crippen molar-refractivity contribution in [2.45, 2.75) is 56.9 Å². The number of carbonyl (C=O) groups excluding carboxylic acids is 2. The molecule has 3 atom stereocenters. The van der Waals surface area contributed by atoms with Crippen LogP contribution >= 0.6 is 0 Å². The van der Waals surface area contributed by atoms with E-state index in [1.807, 2.05) is 0 Å². The molecule has 1 unspecified atom stereocenters. The molecule has 2 fully saturated rings. The first-order valence-electron chi connectivity index (χ1n) is 10.6. The van der Waals surface area contributed by atoms with Crippen LogP contribution in [-0.4, -0.2) is 35.8 Å². The van der Waals surface area contributed by atoms with Crippen LogP contribution in [0.25, 0.3) is 0 Å². The molecule has 178 valence electrons. The summed E-state index contributed by atoms with van der Waals surface area (Å²) in [7, 11) is 0. The largest absolute Gasteiger partial charge is 0.416 e. The lowest BCUT2D eigenvalue weighted by Crippen LogP contribution is -2.67. The Morgan fingerprint density at radius 3 is 2.12 bits per heavy atom. The third-order valence-corrected chi connectivity index (χ3v) is 6.17. The smallest absolute Gasteiger partial charge is 0.354 e. The van der Waals surface area contributed by atoms with E-state index in [0.29, 0.717) is 31.6 Å². The maximum atomic E-state index is 13.0. The van der Waals surface area contributed by atoms with Gasteiger partial charge in [0.05, 0.1) is 23.1 Å². The molecular formula is C21H26F6N3O2+. The normalized spacial score (nSPS) is 24.5. The standard InChI is InChI=1S/C21H25F6N3O2/c22-20(23,24)13-8-14(21(25,26)27)10-15(9-13)29-18(31)7-12-5-6-30(11-12)19(32)16-3-1-2-4-17(16)28/h8-10,12,16-17H,1-7,11,28H2,(H,29,31)/p+1/t12?,16-,17-/m0/s1. The maximum Gasteiger partial charge on any atom is 0.416 e. The number of halogens is 6. The number of rotatable bonds is 4. The van der Waals surface area contributed by atoms with Gasteiger partial charge in [0.25, 0.3) is 0 Å². The van der Waals surface area contributed by atoms with Crippen LogP contribution in [0.5, 0.6) is 0 Å². The average Bonchev–Trinajstić information content (AvgIpc) is 3.14. The highest BCUT2D eigenvalue weighted by molar-refractivity contribution is 5.91. The molecule has 2 amide bonds. The number of hydrogen-bond acceptors (Lipinski definition) is 2. The summed E-state index contributed by atoms with van der Waals surface area (Å²) in [5.74, 6) is -1.02. The predicted octanol–water partition coefficient (Wildman–Crippen LogP) is 3.70. The minimum atomic E-state index is -4.99. The van der Waals surface area contributed by atoms with Gasteiger partial charge in [0.15, 0.2) is 0 Å². The molecule has 1 aromatic rings. The first kappa shape index (κ1) is 24.3. The van der Waals surface area contributed by atoms with E-state index in [-0.39, 0.29) is 36.3 Å². The summed E-state index contributed by atoms with van der Waals surface area (Å²) in [5.41, 5.74) is 0.517. The number of hydrogen-bond donors (Lipinski definition) is 2. The molecule has 2 aliphatic rings. The first-order chi connectivity index (χ1) is 14.8. The van der Waals surface area contributed by atoms with Crippen LogP contribution in [0, 0.1) is 11.8 Å². The van der Waals surface area contributed by atoms with E-state index in [9.17, 15) is 35.9 Å². The highest BCUT2D eigenvalue weighted by Gasteiger charge is 2.38. The molecule has 5 nitrogen and oxygen atoms in total. The fourth-order valence-corrected chi connectivity index (χ4v) is 4.47. The highest BCUT2D eigenvalue weighted by atomic mass is 19.4. The summed E-state index contributed by atoms with van der Waals surface area (Å²) in [6.45, 7) is 0.813. The summed E-state index contributed by atoms with van der Waals surface area (Å²) in [4.78, 5) is 26.8. The van der Waals surface area contributed by atoms with Crippen LogP contribution < -0.4 is 11.1 Å². The number of benzene rings is 1. The SMILES string of the molecule is [NH3+][C@H]1CCCC[C@@H]1C(=O)N1CCC(CC(=O)Nc2cc(C(F)(F)F)cc(C(F)(F)F)c2)C1. The van der Waals surface area contributed by atoms with E-state index >= 15 is 0 Å². The molecule has 32 heavy (non-hydrogen) atoms. The second kappa shape index (κ2) is 9.29. The monoisotopic (exact) mass is 466 g/mol. The van der Waals surface area contributed by atoms with Crippen molar-refractivity contribution >= 4 is 17.5 Å². The molecule has 0 spiro atoms. The molecular weight excluding hydrogens is 440 g/mol. The van der Waals surface area contributed by atoms with Gasteiger partial charge in [-0.3, -0.25) is 9.59 Å². The predicted molar refractivity (Wildman–Crippen MR) is 103 cm³/mol. The average molecular weight is 466 g/mol. The summed E-state index contributed by atoms with van der Waals surface area (Å²) in [6, 6.07) is 1.03. The van der Waals surface area contributed by atoms with Crippen molar-refractivity contribution in [2.24, 2.45) is 11.8 Å². The van der Waals surface area contributed by atoms with Crippen molar-refractivity contribution in [1.29, 1.82) is 0 Å². The molecule has 1 heterocycles. The van der Waals surface area contributed by atoms with Gasteiger partial charge in [-0.2, -0.15) is 26.3 Å². The Morgan fingerprint density at radius 1 is 0.969 bits per heavy atom. The molecule has 0 aromatic heterocycles. The molecule has 1 aliphatic heterocycles. The lowest BCUT2D eigenvalue weighted by atomic mass is 9.84. The van der Waals surface area contributed by atoms with Gasteiger partial charge in [-0.25, -0.2) is 0 Å². The zero-order valence-electron chi connectivity index (χ0n) is 17.4. The van der Waals surface area contributed by atoms with Gasteiger partial charge in [0, 0.05) is 31.6 Å². The molecule has 3 rings (SSSR count). The van der Waals surface area contributed by atoms with Crippen molar-refractivity contribution in [3.63, 3.8) is 0 Å². The maximum absolute atomic E-state index is 13.0. The zero-order chi connectivity index (χ0) is 23.7. The third kappa shape index (κ3) is 5.93. The van der Waals surface area contributed by atoms with E-state index in [0.717, 1.165) is 25.7 Å². The molecule has 11 heteroatoms. The van der Waals surface area contributed by atoms with Crippen LogP contribution in [0.1, 0.15) is 49.7 Å². The minimum absolute atomic E-state index is 0.0111. The highest BCUT2D eigenvalue weighted by Crippen LogP contribution is 2.37. The summed E-state index contributed by atoms with van der Waals surface area (Å²) >= 11 is 0. The van der Waals surface area contributed by atoms with Gasteiger partial charge < -0.3 is 16.0 Å². The zero-order valence-corrected chi connectivity index (χ0v) is 17.4. The van der Waals surface area contributed by atoms with Gasteiger partial charge in [0.2, 0.25) is 11.8 Å². The number of nitrogens with zero attached hydrogens (tertiary/aromatic N) is 1. The van der Waals surface area contributed by atoms with Crippen molar-refractivity contribution in [3.05, 3.63) is 29.3 Å². The number of likely N-dealkylation sites (tertiary alicyclic amines) is 1. The van der Waals surface area contributed by atoms with Crippen LogP contribution in [0.4, 0.5) is 32.0 Å². The van der Waals surface area contributed by atoms with Gasteiger partial charge in [-0.05, 0) is 43.4 Å². The molecule has 1 aromatic carbocycles. The Hall–Kier alpha value is -2.30. The van der Waals surface area contributed by atoms with Crippen molar-refractivity contribution in [3.8, 4) is 0 Å². The molecule has 0 bridgehead atoms. The molecule has 1 saturated carbocycles. The Morgan fingerprint density at radius 2 is 1.56 bits per heavy atom. The van der Waals surface area contributed by atoms with E-state index < -0.39 is 35.1 Å². The molecule has 4 N–H and O–H groups in total. The fraction of sp³-hybridized carbons (Fsp3) is 0.619. The number of nitrogens with one attached hydrogen (secondary N) is 1. The Kier molecular flexibility index (Phi) is 7.06. The van der Waals surface area contributed by atoms with E-state index in [2.05, 4.69) is 11.1 Å². The van der Waals surface area contributed by atoms with Crippen LogP contribution in [0.15, 0.2) is 18.2 Å². The Labute approximate surface area is 181 Å².